The van der Waals surface area contributed by atoms with E-state index in [1.807, 2.05) is 11.0 Å². The first-order valence-corrected chi connectivity index (χ1v) is 10.4. The van der Waals surface area contributed by atoms with Gasteiger partial charge >= 0.3 is 0 Å². The fourth-order valence-electron chi connectivity index (χ4n) is 4.21. The average molecular weight is 379 g/mol. The van der Waals surface area contributed by atoms with E-state index in [1.165, 1.54) is 11.1 Å². The Balaban J connectivity index is 1.19. The molecule has 148 valence electrons. The van der Waals surface area contributed by atoms with E-state index in [-0.39, 0.29) is 0 Å². The SMILES string of the molecule is O=C(CCCc1ccccc1)N1CCN(C2CC(c3ccccc3)NN2)CC1. The first-order valence-electron chi connectivity index (χ1n) is 10.4. The maximum Gasteiger partial charge on any atom is 0.222 e. The van der Waals surface area contributed by atoms with Crippen molar-refractivity contribution in [1.29, 1.82) is 0 Å². The molecule has 5 nitrogen and oxygen atoms in total. The topological polar surface area (TPSA) is 47.6 Å². The van der Waals surface area contributed by atoms with Crippen LogP contribution in [0.2, 0.25) is 0 Å². The van der Waals surface area contributed by atoms with Gasteiger partial charge in [0.2, 0.25) is 5.91 Å². The van der Waals surface area contributed by atoms with Crippen molar-refractivity contribution in [3.63, 3.8) is 0 Å². The third-order valence-electron chi connectivity index (χ3n) is 5.89. The van der Waals surface area contributed by atoms with Gasteiger partial charge in [-0.25, -0.2) is 10.9 Å². The maximum absolute atomic E-state index is 12.5. The number of benzene rings is 2. The van der Waals surface area contributed by atoms with Gasteiger partial charge in [0.15, 0.2) is 0 Å². The van der Waals surface area contributed by atoms with Crippen molar-refractivity contribution in [2.24, 2.45) is 0 Å². The summed E-state index contributed by atoms with van der Waals surface area (Å²) < 4.78 is 0. The molecule has 2 aliphatic rings. The molecule has 2 saturated heterocycles. The van der Waals surface area contributed by atoms with Gasteiger partial charge in [0.05, 0.1) is 6.17 Å². The molecule has 2 atom stereocenters. The van der Waals surface area contributed by atoms with Crippen LogP contribution in [0.1, 0.15) is 36.4 Å². The predicted molar refractivity (Wildman–Crippen MR) is 111 cm³/mol. The molecule has 2 aromatic carbocycles. The average Bonchev–Trinajstić information content (AvgIpc) is 3.25. The molecular formula is C23H30N4O. The standard InChI is InChI=1S/C23H30N4O/c28-23(13-7-10-19-8-3-1-4-9-19)27-16-14-26(15-17-27)22-18-21(24-25-22)20-11-5-2-6-12-20/h1-6,8-9,11-12,21-22,24-25H,7,10,13-18H2. The van der Waals surface area contributed by atoms with E-state index in [4.69, 9.17) is 0 Å². The molecule has 0 aromatic heterocycles. The second-order valence-corrected chi connectivity index (χ2v) is 7.76. The van der Waals surface area contributed by atoms with Gasteiger partial charge in [0.25, 0.3) is 0 Å². The highest BCUT2D eigenvalue weighted by Crippen LogP contribution is 2.24. The van der Waals surface area contributed by atoms with E-state index in [2.05, 4.69) is 70.3 Å². The summed E-state index contributed by atoms with van der Waals surface area (Å²) in [6.07, 6.45) is 3.94. The number of piperazine rings is 1. The zero-order valence-electron chi connectivity index (χ0n) is 16.4. The second-order valence-electron chi connectivity index (χ2n) is 7.76. The Morgan fingerprint density at radius 2 is 1.57 bits per heavy atom. The zero-order chi connectivity index (χ0) is 19.2. The van der Waals surface area contributed by atoms with E-state index in [0.29, 0.717) is 24.5 Å². The first kappa shape index (κ1) is 19.1. The van der Waals surface area contributed by atoms with Gasteiger partial charge in [-0.05, 0) is 30.4 Å². The molecule has 0 radical (unpaired) electrons. The number of hydrogen-bond donors (Lipinski definition) is 2. The third kappa shape index (κ3) is 4.79. The smallest absolute Gasteiger partial charge is 0.222 e. The molecule has 2 aliphatic heterocycles. The lowest BCUT2D eigenvalue weighted by Crippen LogP contribution is -2.55. The van der Waals surface area contributed by atoms with Crippen molar-refractivity contribution in [1.82, 2.24) is 20.7 Å². The Morgan fingerprint density at radius 1 is 0.893 bits per heavy atom. The van der Waals surface area contributed by atoms with Crippen LogP contribution in [0.25, 0.3) is 0 Å². The van der Waals surface area contributed by atoms with Crippen LogP contribution in [0.4, 0.5) is 0 Å². The normalized spacial score (nSPS) is 23.1. The molecule has 2 N–H and O–H groups in total. The Kier molecular flexibility index (Phi) is 6.37. The third-order valence-corrected chi connectivity index (χ3v) is 5.89. The number of rotatable bonds is 6. The number of hydrazine groups is 1. The minimum atomic E-state index is 0.301. The van der Waals surface area contributed by atoms with Gasteiger partial charge in [-0.1, -0.05) is 60.7 Å². The lowest BCUT2D eigenvalue weighted by molar-refractivity contribution is -0.133. The number of nitrogens with zero attached hydrogens (tertiary/aromatic N) is 2. The van der Waals surface area contributed by atoms with Crippen molar-refractivity contribution in [3.05, 3.63) is 71.8 Å². The molecule has 2 fully saturated rings. The molecule has 2 heterocycles. The van der Waals surface area contributed by atoms with Gasteiger partial charge in [-0.15, -0.1) is 0 Å². The van der Waals surface area contributed by atoms with Gasteiger partial charge in [0, 0.05) is 38.6 Å². The van der Waals surface area contributed by atoms with Crippen molar-refractivity contribution < 1.29 is 4.79 Å². The van der Waals surface area contributed by atoms with Crippen molar-refractivity contribution in [2.75, 3.05) is 26.2 Å². The van der Waals surface area contributed by atoms with Crippen LogP contribution in [-0.2, 0) is 11.2 Å². The monoisotopic (exact) mass is 378 g/mol. The molecule has 0 spiro atoms. The number of nitrogens with one attached hydrogen (secondary N) is 2. The second kappa shape index (κ2) is 9.32. The van der Waals surface area contributed by atoms with Gasteiger partial charge in [-0.3, -0.25) is 9.69 Å². The van der Waals surface area contributed by atoms with Gasteiger partial charge in [-0.2, -0.15) is 0 Å². The zero-order valence-corrected chi connectivity index (χ0v) is 16.4. The van der Waals surface area contributed by atoms with Crippen LogP contribution in [-0.4, -0.2) is 48.1 Å². The molecule has 0 bridgehead atoms. The minimum Gasteiger partial charge on any atom is -0.340 e. The van der Waals surface area contributed by atoms with Crippen LogP contribution in [0.5, 0.6) is 0 Å². The Hall–Kier alpha value is -2.21. The fraction of sp³-hybridized carbons (Fsp3) is 0.435. The highest BCUT2D eigenvalue weighted by atomic mass is 16.2. The molecule has 0 saturated carbocycles. The Labute approximate surface area is 167 Å². The van der Waals surface area contributed by atoms with Crippen molar-refractivity contribution in [2.45, 2.75) is 37.9 Å². The molecule has 2 unspecified atom stereocenters. The summed E-state index contributed by atoms with van der Waals surface area (Å²) in [7, 11) is 0. The maximum atomic E-state index is 12.5. The van der Waals surface area contributed by atoms with Crippen LogP contribution in [0, 0.1) is 0 Å². The Morgan fingerprint density at radius 3 is 2.29 bits per heavy atom. The van der Waals surface area contributed by atoms with Gasteiger partial charge < -0.3 is 4.90 Å². The minimum absolute atomic E-state index is 0.301. The molecule has 1 amide bonds. The predicted octanol–water partition coefficient (Wildman–Crippen LogP) is 2.72. The van der Waals surface area contributed by atoms with Crippen molar-refractivity contribution >= 4 is 5.91 Å². The number of hydrogen-bond acceptors (Lipinski definition) is 4. The van der Waals surface area contributed by atoms with E-state index in [1.54, 1.807) is 0 Å². The van der Waals surface area contributed by atoms with E-state index >= 15 is 0 Å². The summed E-state index contributed by atoms with van der Waals surface area (Å²) in [6.45, 7) is 3.53. The fourth-order valence-corrected chi connectivity index (χ4v) is 4.21. The largest absolute Gasteiger partial charge is 0.340 e. The van der Waals surface area contributed by atoms with Crippen LogP contribution in [0.15, 0.2) is 60.7 Å². The van der Waals surface area contributed by atoms with Gasteiger partial charge in [0.1, 0.15) is 0 Å². The molecule has 0 aliphatic carbocycles. The van der Waals surface area contributed by atoms with E-state index in [9.17, 15) is 4.79 Å². The number of carbonyl (C=O) groups excluding carboxylic acids is 1. The number of carbonyl (C=O) groups is 1. The van der Waals surface area contributed by atoms with Crippen molar-refractivity contribution in [3.8, 4) is 0 Å². The lowest BCUT2D eigenvalue weighted by atomic mass is 10.0. The van der Waals surface area contributed by atoms with E-state index in [0.717, 1.165) is 45.4 Å². The summed E-state index contributed by atoms with van der Waals surface area (Å²) in [5.74, 6) is 0.301. The summed E-state index contributed by atoms with van der Waals surface area (Å²) in [4.78, 5) is 17.0. The first-order chi connectivity index (χ1) is 13.8. The molecule has 28 heavy (non-hydrogen) atoms. The summed E-state index contributed by atoms with van der Waals surface area (Å²) in [5, 5.41) is 0. The Bertz CT molecular complexity index is 744. The molecule has 5 heteroatoms. The highest BCUT2D eigenvalue weighted by Gasteiger charge is 2.32. The summed E-state index contributed by atoms with van der Waals surface area (Å²) >= 11 is 0. The van der Waals surface area contributed by atoms with Crippen LogP contribution < -0.4 is 10.9 Å². The molecular weight excluding hydrogens is 348 g/mol. The summed E-state index contributed by atoms with van der Waals surface area (Å²) in [6, 6.07) is 21.4. The van der Waals surface area contributed by atoms with Crippen LogP contribution in [0.3, 0.4) is 0 Å². The number of amides is 1. The van der Waals surface area contributed by atoms with Crippen LogP contribution >= 0.6 is 0 Å². The number of aryl methyl sites for hydroxylation is 1. The molecule has 2 aromatic rings. The highest BCUT2D eigenvalue weighted by molar-refractivity contribution is 5.76. The quantitative estimate of drug-likeness (QED) is 0.811. The summed E-state index contributed by atoms with van der Waals surface area (Å²) in [5.41, 5.74) is 9.51. The van der Waals surface area contributed by atoms with E-state index < -0.39 is 0 Å². The molecule has 4 rings (SSSR count). The lowest BCUT2D eigenvalue weighted by Gasteiger charge is -2.37.